The van der Waals surface area contributed by atoms with Gasteiger partial charge in [-0.05, 0) is 17.8 Å². The molecule has 0 fully saturated rings. The average Bonchev–Trinajstić information content (AvgIpc) is 2.12. The number of ether oxygens (including phenoxy) is 1. The van der Waals surface area contributed by atoms with E-state index in [9.17, 15) is 9.59 Å². The second kappa shape index (κ2) is 7.74. The Hall–Kier alpha value is -0.640. The standard InChI is InChI=1S/C10H15BrO3/c1-3-14-10(13)7-6-9(12)5-4-8(2)11/h2-7H2,1H3. The average molecular weight is 263 g/mol. The highest BCUT2D eigenvalue weighted by Crippen LogP contribution is 2.11. The molecule has 80 valence electrons. The zero-order chi connectivity index (χ0) is 11.0. The molecule has 0 bridgehead atoms. The zero-order valence-electron chi connectivity index (χ0n) is 8.35. The minimum absolute atomic E-state index is 0.0682. The second-order valence-electron chi connectivity index (χ2n) is 2.86. The number of halogens is 1. The Morgan fingerprint density at radius 1 is 1.21 bits per heavy atom. The third-order valence-electron chi connectivity index (χ3n) is 1.59. The quantitative estimate of drug-likeness (QED) is 0.663. The number of hydrogen-bond acceptors (Lipinski definition) is 3. The molecule has 3 nitrogen and oxygen atoms in total. The van der Waals surface area contributed by atoms with Gasteiger partial charge in [0.2, 0.25) is 0 Å². The molecule has 14 heavy (non-hydrogen) atoms. The van der Waals surface area contributed by atoms with Crippen molar-refractivity contribution < 1.29 is 14.3 Å². The molecule has 0 aliphatic carbocycles. The van der Waals surface area contributed by atoms with E-state index in [0.29, 0.717) is 19.4 Å². The minimum atomic E-state index is -0.307. The molecule has 0 aromatic carbocycles. The number of carbonyl (C=O) groups excluding carboxylic acids is 2. The summed E-state index contributed by atoms with van der Waals surface area (Å²) in [6.07, 6.45) is 1.51. The summed E-state index contributed by atoms with van der Waals surface area (Å²) in [5.41, 5.74) is 0. The van der Waals surface area contributed by atoms with Gasteiger partial charge < -0.3 is 4.74 Å². The van der Waals surface area contributed by atoms with Crippen LogP contribution in [0.15, 0.2) is 11.1 Å². The molecule has 4 heteroatoms. The first-order valence-electron chi connectivity index (χ1n) is 4.56. The van der Waals surface area contributed by atoms with Crippen molar-refractivity contribution in [2.75, 3.05) is 6.61 Å². The van der Waals surface area contributed by atoms with Gasteiger partial charge in [-0.3, -0.25) is 9.59 Å². The van der Waals surface area contributed by atoms with E-state index in [-0.39, 0.29) is 24.6 Å². The number of hydrogen-bond donors (Lipinski definition) is 0. The maximum absolute atomic E-state index is 11.2. The zero-order valence-corrected chi connectivity index (χ0v) is 9.93. The fourth-order valence-electron chi connectivity index (χ4n) is 0.875. The summed E-state index contributed by atoms with van der Waals surface area (Å²) in [5, 5.41) is 0. The van der Waals surface area contributed by atoms with Crippen LogP contribution < -0.4 is 0 Å². The molecule has 0 unspecified atom stereocenters. The Morgan fingerprint density at radius 2 is 1.79 bits per heavy atom. The lowest BCUT2D eigenvalue weighted by Crippen LogP contribution is -2.07. The van der Waals surface area contributed by atoms with Crippen molar-refractivity contribution in [3.05, 3.63) is 11.1 Å². The summed E-state index contributed by atoms with van der Waals surface area (Å²) < 4.78 is 5.51. The topological polar surface area (TPSA) is 43.4 Å². The van der Waals surface area contributed by atoms with Crippen LogP contribution in [0, 0.1) is 0 Å². The Morgan fingerprint density at radius 3 is 2.29 bits per heavy atom. The lowest BCUT2D eigenvalue weighted by molar-refractivity contribution is -0.144. The van der Waals surface area contributed by atoms with E-state index in [4.69, 9.17) is 4.74 Å². The molecule has 0 saturated carbocycles. The summed E-state index contributed by atoms with van der Waals surface area (Å²) in [4.78, 5) is 22.1. The maximum Gasteiger partial charge on any atom is 0.306 e. The summed E-state index contributed by atoms with van der Waals surface area (Å²) in [6.45, 7) is 5.74. The van der Waals surface area contributed by atoms with Crippen LogP contribution >= 0.6 is 15.9 Å². The molecule has 0 saturated heterocycles. The highest BCUT2D eigenvalue weighted by molar-refractivity contribution is 9.11. The van der Waals surface area contributed by atoms with Crippen molar-refractivity contribution in [2.45, 2.75) is 32.6 Å². The number of esters is 1. The van der Waals surface area contributed by atoms with Crippen LogP contribution in [0.2, 0.25) is 0 Å². The lowest BCUT2D eigenvalue weighted by Gasteiger charge is -2.01. The molecule has 0 aliphatic rings. The van der Waals surface area contributed by atoms with Crippen LogP contribution in [0.25, 0.3) is 0 Å². The first-order chi connectivity index (χ1) is 6.56. The van der Waals surface area contributed by atoms with Crippen molar-refractivity contribution in [2.24, 2.45) is 0 Å². The summed E-state index contributed by atoms with van der Waals surface area (Å²) >= 11 is 3.17. The molecule has 0 amide bonds. The van der Waals surface area contributed by atoms with Gasteiger partial charge in [-0.15, -0.1) is 0 Å². The first-order valence-corrected chi connectivity index (χ1v) is 5.36. The van der Waals surface area contributed by atoms with Crippen LogP contribution in [0.4, 0.5) is 0 Å². The molecule has 0 aliphatic heterocycles. The molecular weight excluding hydrogens is 248 g/mol. The van der Waals surface area contributed by atoms with Gasteiger partial charge in [0.25, 0.3) is 0 Å². The van der Waals surface area contributed by atoms with Gasteiger partial charge >= 0.3 is 5.97 Å². The van der Waals surface area contributed by atoms with E-state index in [2.05, 4.69) is 22.5 Å². The van der Waals surface area contributed by atoms with Gasteiger partial charge in [-0.2, -0.15) is 0 Å². The molecule has 0 heterocycles. The molecule has 0 radical (unpaired) electrons. The van der Waals surface area contributed by atoms with E-state index in [1.54, 1.807) is 6.92 Å². The van der Waals surface area contributed by atoms with E-state index >= 15 is 0 Å². The lowest BCUT2D eigenvalue weighted by atomic mass is 10.1. The van der Waals surface area contributed by atoms with Crippen molar-refractivity contribution in [3.63, 3.8) is 0 Å². The van der Waals surface area contributed by atoms with Crippen LogP contribution in [-0.4, -0.2) is 18.4 Å². The molecule has 0 N–H and O–H groups in total. The Balaban J connectivity index is 3.53. The number of allylic oxidation sites excluding steroid dienone is 1. The molecular formula is C10H15BrO3. The van der Waals surface area contributed by atoms with Crippen LogP contribution in [0.1, 0.15) is 32.6 Å². The highest BCUT2D eigenvalue weighted by atomic mass is 79.9. The van der Waals surface area contributed by atoms with Gasteiger partial charge in [-0.1, -0.05) is 22.5 Å². The number of ketones is 1. The van der Waals surface area contributed by atoms with E-state index in [1.165, 1.54) is 0 Å². The molecule has 0 rings (SSSR count). The summed E-state index contributed by atoms with van der Waals surface area (Å²) in [5.74, 6) is -0.239. The fraction of sp³-hybridized carbons (Fsp3) is 0.600. The van der Waals surface area contributed by atoms with Gasteiger partial charge in [0.05, 0.1) is 13.0 Å². The Labute approximate surface area is 92.6 Å². The highest BCUT2D eigenvalue weighted by Gasteiger charge is 2.07. The predicted octanol–water partition coefficient (Wildman–Crippen LogP) is 2.59. The van der Waals surface area contributed by atoms with Gasteiger partial charge in [0, 0.05) is 12.8 Å². The normalized spacial score (nSPS) is 9.57. The minimum Gasteiger partial charge on any atom is -0.466 e. The predicted molar refractivity (Wildman–Crippen MR) is 58.2 cm³/mol. The van der Waals surface area contributed by atoms with Crippen LogP contribution in [-0.2, 0) is 14.3 Å². The first kappa shape index (κ1) is 13.4. The molecule has 0 spiro atoms. The second-order valence-corrected chi connectivity index (χ2v) is 3.98. The van der Waals surface area contributed by atoms with Gasteiger partial charge in [0.15, 0.2) is 0 Å². The number of rotatable bonds is 7. The van der Waals surface area contributed by atoms with Crippen molar-refractivity contribution in [1.82, 2.24) is 0 Å². The summed E-state index contributed by atoms with van der Waals surface area (Å²) in [6, 6.07) is 0. The van der Waals surface area contributed by atoms with Crippen molar-refractivity contribution >= 4 is 27.7 Å². The largest absolute Gasteiger partial charge is 0.466 e. The smallest absolute Gasteiger partial charge is 0.306 e. The van der Waals surface area contributed by atoms with Gasteiger partial charge in [0.1, 0.15) is 5.78 Å². The van der Waals surface area contributed by atoms with Gasteiger partial charge in [-0.25, -0.2) is 0 Å². The molecule has 0 atom stereocenters. The monoisotopic (exact) mass is 262 g/mol. The molecule has 0 aromatic rings. The van der Waals surface area contributed by atoms with Crippen LogP contribution in [0.3, 0.4) is 0 Å². The number of carbonyl (C=O) groups is 2. The summed E-state index contributed by atoms with van der Waals surface area (Å²) in [7, 11) is 0. The number of Topliss-reactive ketones (excluding diaryl/α,β-unsaturated/α-hetero) is 1. The van der Waals surface area contributed by atoms with Crippen molar-refractivity contribution in [3.8, 4) is 0 Å². The van der Waals surface area contributed by atoms with E-state index < -0.39 is 0 Å². The SMILES string of the molecule is C=C(Br)CCC(=O)CCC(=O)OCC. The van der Waals surface area contributed by atoms with E-state index in [1.807, 2.05) is 0 Å². The molecule has 0 aromatic heterocycles. The van der Waals surface area contributed by atoms with Crippen LogP contribution in [0.5, 0.6) is 0 Å². The Kier molecular flexibility index (Phi) is 7.38. The fourth-order valence-corrected chi connectivity index (χ4v) is 1.07. The van der Waals surface area contributed by atoms with Crippen molar-refractivity contribution in [1.29, 1.82) is 0 Å². The third kappa shape index (κ3) is 7.98. The Bertz CT molecular complexity index is 223. The maximum atomic E-state index is 11.2. The third-order valence-corrected chi connectivity index (χ3v) is 1.98. The van der Waals surface area contributed by atoms with E-state index in [0.717, 1.165) is 4.48 Å².